The molecule has 1 aromatic rings. The number of alkyl halides is 3. The number of likely N-dealkylation sites (tertiary alicyclic amines) is 1. The Bertz CT molecular complexity index is 590. The molecule has 28 heavy (non-hydrogen) atoms. The van der Waals surface area contributed by atoms with E-state index in [0.29, 0.717) is 19.0 Å². The third-order valence-corrected chi connectivity index (χ3v) is 4.64. The summed E-state index contributed by atoms with van der Waals surface area (Å²) in [6.45, 7) is 8.33. The van der Waals surface area contributed by atoms with E-state index in [9.17, 15) is 13.2 Å². The molecule has 1 saturated heterocycles. The Morgan fingerprint density at radius 3 is 2.46 bits per heavy atom. The molecule has 8 heteroatoms. The standard InChI is InChI=1S/C20H31F3N4.HI/c1-3-24-19(25-11-10-20(21,22)23)26-13-17-6-8-18(9-7-17)15-27-12-4-5-16(2)14-27;/h6-9,16H,3-5,10-15H2,1-2H3,(H2,24,25,26);1H. The third-order valence-electron chi connectivity index (χ3n) is 4.64. The average molecular weight is 512 g/mol. The normalized spacial score (nSPS) is 18.5. The summed E-state index contributed by atoms with van der Waals surface area (Å²) in [5, 5.41) is 5.70. The van der Waals surface area contributed by atoms with Gasteiger partial charge in [-0.2, -0.15) is 13.2 Å². The van der Waals surface area contributed by atoms with Crippen molar-refractivity contribution < 1.29 is 13.2 Å². The van der Waals surface area contributed by atoms with E-state index in [0.717, 1.165) is 31.1 Å². The lowest BCUT2D eigenvalue weighted by Crippen LogP contribution is -2.38. The van der Waals surface area contributed by atoms with Crippen molar-refractivity contribution in [1.29, 1.82) is 0 Å². The number of rotatable bonds is 7. The quantitative estimate of drug-likeness (QED) is 0.320. The second-order valence-corrected chi connectivity index (χ2v) is 7.29. The molecule has 0 aromatic heterocycles. The monoisotopic (exact) mass is 512 g/mol. The van der Waals surface area contributed by atoms with Crippen LogP contribution in [0.15, 0.2) is 29.3 Å². The van der Waals surface area contributed by atoms with E-state index < -0.39 is 12.6 Å². The van der Waals surface area contributed by atoms with Crippen LogP contribution in [-0.4, -0.2) is 43.2 Å². The van der Waals surface area contributed by atoms with Gasteiger partial charge in [0.05, 0.1) is 13.0 Å². The number of aliphatic imine (C=N–C) groups is 1. The number of piperidine rings is 1. The van der Waals surface area contributed by atoms with Crippen LogP contribution in [0.2, 0.25) is 0 Å². The number of nitrogens with one attached hydrogen (secondary N) is 2. The van der Waals surface area contributed by atoms with Crippen LogP contribution in [0, 0.1) is 5.92 Å². The number of benzene rings is 1. The first-order chi connectivity index (χ1) is 12.9. The van der Waals surface area contributed by atoms with E-state index in [2.05, 4.69) is 39.6 Å². The molecular formula is C20H32F3IN4. The van der Waals surface area contributed by atoms with Gasteiger partial charge in [0.15, 0.2) is 5.96 Å². The fourth-order valence-corrected chi connectivity index (χ4v) is 3.27. The fourth-order valence-electron chi connectivity index (χ4n) is 3.27. The zero-order valence-electron chi connectivity index (χ0n) is 16.7. The van der Waals surface area contributed by atoms with Crippen LogP contribution < -0.4 is 10.6 Å². The van der Waals surface area contributed by atoms with Crippen molar-refractivity contribution in [3.63, 3.8) is 0 Å². The van der Waals surface area contributed by atoms with Gasteiger partial charge in [-0.1, -0.05) is 31.2 Å². The zero-order chi connectivity index (χ0) is 19.7. The summed E-state index contributed by atoms with van der Waals surface area (Å²) in [7, 11) is 0. The van der Waals surface area contributed by atoms with Gasteiger partial charge in [-0.3, -0.25) is 4.90 Å². The molecule has 0 radical (unpaired) electrons. The van der Waals surface area contributed by atoms with E-state index in [1.54, 1.807) is 0 Å². The Balaban J connectivity index is 0.00000392. The number of hydrogen-bond donors (Lipinski definition) is 2. The van der Waals surface area contributed by atoms with E-state index in [1.807, 2.05) is 19.1 Å². The minimum atomic E-state index is -4.16. The molecule has 1 unspecified atom stereocenters. The van der Waals surface area contributed by atoms with Crippen molar-refractivity contribution in [3.8, 4) is 0 Å². The molecule has 2 rings (SSSR count). The Morgan fingerprint density at radius 1 is 1.18 bits per heavy atom. The Kier molecular flexibility index (Phi) is 11.2. The van der Waals surface area contributed by atoms with Crippen LogP contribution in [0.1, 0.15) is 44.2 Å². The van der Waals surface area contributed by atoms with Crippen LogP contribution >= 0.6 is 24.0 Å². The summed E-state index contributed by atoms with van der Waals surface area (Å²) >= 11 is 0. The van der Waals surface area contributed by atoms with Crippen molar-refractivity contribution in [1.82, 2.24) is 15.5 Å². The fraction of sp³-hybridized carbons (Fsp3) is 0.650. The van der Waals surface area contributed by atoms with Crippen molar-refractivity contribution in [2.75, 3.05) is 26.2 Å². The number of halogens is 4. The molecule has 0 saturated carbocycles. The van der Waals surface area contributed by atoms with Crippen LogP contribution in [0.3, 0.4) is 0 Å². The predicted octanol–water partition coefficient (Wildman–Crippen LogP) is 4.54. The maximum Gasteiger partial charge on any atom is 0.390 e. The van der Waals surface area contributed by atoms with Gasteiger partial charge in [0.1, 0.15) is 0 Å². The molecular weight excluding hydrogens is 480 g/mol. The average Bonchev–Trinajstić information content (AvgIpc) is 2.60. The maximum absolute atomic E-state index is 12.3. The molecule has 160 valence electrons. The number of guanidine groups is 1. The largest absolute Gasteiger partial charge is 0.390 e. The molecule has 0 amide bonds. The summed E-state index contributed by atoms with van der Waals surface area (Å²) < 4.78 is 36.8. The third kappa shape index (κ3) is 9.95. The van der Waals surface area contributed by atoms with Gasteiger partial charge in [-0.05, 0) is 43.4 Å². The van der Waals surface area contributed by atoms with Gasteiger partial charge in [0.25, 0.3) is 0 Å². The van der Waals surface area contributed by atoms with Gasteiger partial charge in [0, 0.05) is 26.2 Å². The summed E-state index contributed by atoms with van der Waals surface area (Å²) in [4.78, 5) is 6.87. The van der Waals surface area contributed by atoms with Crippen LogP contribution in [0.4, 0.5) is 13.2 Å². The molecule has 0 spiro atoms. The highest BCUT2D eigenvalue weighted by molar-refractivity contribution is 14.0. The molecule has 1 aromatic carbocycles. The Morgan fingerprint density at radius 2 is 1.86 bits per heavy atom. The topological polar surface area (TPSA) is 39.7 Å². The van der Waals surface area contributed by atoms with E-state index in [1.165, 1.54) is 18.4 Å². The van der Waals surface area contributed by atoms with Crippen molar-refractivity contribution in [2.24, 2.45) is 10.9 Å². The second-order valence-electron chi connectivity index (χ2n) is 7.29. The Hall–Kier alpha value is -1.03. The van der Waals surface area contributed by atoms with Gasteiger partial charge >= 0.3 is 6.18 Å². The highest BCUT2D eigenvalue weighted by Crippen LogP contribution is 2.19. The van der Waals surface area contributed by atoms with E-state index in [4.69, 9.17) is 0 Å². The molecule has 1 atom stereocenters. The molecule has 1 aliphatic rings. The smallest absolute Gasteiger partial charge is 0.357 e. The molecule has 0 bridgehead atoms. The van der Waals surface area contributed by atoms with Crippen LogP contribution in [-0.2, 0) is 13.1 Å². The second kappa shape index (κ2) is 12.5. The SMILES string of the molecule is CCNC(=NCc1ccc(CN2CCCC(C)C2)cc1)NCCC(F)(F)F.I. The number of hydrogen-bond acceptors (Lipinski definition) is 2. The van der Waals surface area contributed by atoms with Gasteiger partial charge in [-0.25, -0.2) is 4.99 Å². The van der Waals surface area contributed by atoms with Crippen molar-refractivity contribution >= 4 is 29.9 Å². The molecule has 4 nitrogen and oxygen atoms in total. The van der Waals surface area contributed by atoms with Crippen molar-refractivity contribution in [3.05, 3.63) is 35.4 Å². The molecule has 1 heterocycles. The van der Waals surface area contributed by atoms with Gasteiger partial charge in [0.2, 0.25) is 0 Å². The number of nitrogens with zero attached hydrogens (tertiary/aromatic N) is 2. The van der Waals surface area contributed by atoms with Gasteiger partial charge in [-0.15, -0.1) is 24.0 Å². The highest BCUT2D eigenvalue weighted by Gasteiger charge is 2.26. The zero-order valence-corrected chi connectivity index (χ0v) is 19.0. The van der Waals surface area contributed by atoms with E-state index >= 15 is 0 Å². The summed E-state index contributed by atoms with van der Waals surface area (Å²) in [6.07, 6.45) is -2.45. The first-order valence-corrected chi connectivity index (χ1v) is 9.75. The minimum Gasteiger partial charge on any atom is -0.357 e. The molecule has 1 aliphatic heterocycles. The van der Waals surface area contributed by atoms with Crippen LogP contribution in [0.25, 0.3) is 0 Å². The molecule has 0 aliphatic carbocycles. The lowest BCUT2D eigenvalue weighted by Gasteiger charge is -2.30. The van der Waals surface area contributed by atoms with Gasteiger partial charge < -0.3 is 10.6 Å². The predicted molar refractivity (Wildman–Crippen MR) is 119 cm³/mol. The highest BCUT2D eigenvalue weighted by atomic mass is 127. The first kappa shape index (κ1) is 25.0. The van der Waals surface area contributed by atoms with E-state index in [-0.39, 0.29) is 30.5 Å². The lowest BCUT2D eigenvalue weighted by atomic mass is 9.99. The molecule has 2 N–H and O–H groups in total. The first-order valence-electron chi connectivity index (χ1n) is 9.75. The summed E-state index contributed by atoms with van der Waals surface area (Å²) in [5.41, 5.74) is 2.32. The maximum atomic E-state index is 12.3. The summed E-state index contributed by atoms with van der Waals surface area (Å²) in [6, 6.07) is 8.33. The Labute approximate surface area is 183 Å². The lowest BCUT2D eigenvalue weighted by molar-refractivity contribution is -0.132. The summed E-state index contributed by atoms with van der Waals surface area (Å²) in [5.74, 6) is 1.18. The van der Waals surface area contributed by atoms with Crippen LogP contribution in [0.5, 0.6) is 0 Å². The minimum absolute atomic E-state index is 0. The molecule has 1 fully saturated rings. The van der Waals surface area contributed by atoms with Crippen molar-refractivity contribution in [2.45, 2.75) is 52.4 Å².